The van der Waals surface area contributed by atoms with Crippen LogP contribution in [0.3, 0.4) is 0 Å². The number of aromatic nitrogens is 1. The van der Waals surface area contributed by atoms with E-state index in [0.717, 1.165) is 12.8 Å². The van der Waals surface area contributed by atoms with E-state index >= 15 is 0 Å². The SMILES string of the molecule is O=S(=O)(NCC(O)C1CC1)c1ccc(Cl)nc1. The van der Waals surface area contributed by atoms with Crippen LogP contribution in [0.5, 0.6) is 0 Å². The van der Waals surface area contributed by atoms with Crippen molar-refractivity contribution in [1.82, 2.24) is 9.71 Å². The van der Waals surface area contributed by atoms with E-state index in [1.54, 1.807) is 0 Å². The van der Waals surface area contributed by atoms with Gasteiger partial charge in [0.1, 0.15) is 10.0 Å². The monoisotopic (exact) mass is 276 g/mol. The highest BCUT2D eigenvalue weighted by atomic mass is 35.5. The van der Waals surface area contributed by atoms with Gasteiger partial charge in [0.05, 0.1) is 6.10 Å². The maximum atomic E-state index is 11.8. The number of halogens is 1. The Morgan fingerprint density at radius 3 is 2.76 bits per heavy atom. The van der Waals surface area contributed by atoms with Gasteiger partial charge in [0.25, 0.3) is 0 Å². The summed E-state index contributed by atoms with van der Waals surface area (Å²) in [5, 5.41) is 9.82. The summed E-state index contributed by atoms with van der Waals surface area (Å²) in [7, 11) is -3.61. The molecule has 0 radical (unpaired) electrons. The summed E-state index contributed by atoms with van der Waals surface area (Å²) in [6.07, 6.45) is 2.51. The normalized spacial score (nSPS) is 18.0. The molecule has 0 bridgehead atoms. The highest BCUT2D eigenvalue weighted by Gasteiger charge is 2.30. The lowest BCUT2D eigenvalue weighted by Gasteiger charge is -2.10. The van der Waals surface area contributed by atoms with Crippen LogP contribution in [0.25, 0.3) is 0 Å². The van der Waals surface area contributed by atoms with E-state index in [-0.39, 0.29) is 22.5 Å². The van der Waals surface area contributed by atoms with Gasteiger partial charge in [-0.1, -0.05) is 11.6 Å². The van der Waals surface area contributed by atoms with Crippen LogP contribution in [0.2, 0.25) is 5.15 Å². The minimum absolute atomic E-state index is 0.0373. The number of pyridine rings is 1. The fraction of sp³-hybridized carbons (Fsp3) is 0.500. The van der Waals surface area contributed by atoms with E-state index in [1.165, 1.54) is 18.3 Å². The number of rotatable bonds is 5. The van der Waals surface area contributed by atoms with E-state index < -0.39 is 16.1 Å². The smallest absolute Gasteiger partial charge is 0.242 e. The largest absolute Gasteiger partial charge is 0.391 e. The summed E-state index contributed by atoms with van der Waals surface area (Å²) >= 11 is 5.57. The number of aliphatic hydroxyl groups excluding tert-OH is 1. The van der Waals surface area contributed by atoms with Crippen LogP contribution in [0.4, 0.5) is 0 Å². The predicted octanol–water partition coefficient (Wildman–Crippen LogP) is 0.784. The maximum Gasteiger partial charge on any atom is 0.242 e. The van der Waals surface area contributed by atoms with Gasteiger partial charge in [0, 0.05) is 12.7 Å². The summed E-state index contributed by atoms with van der Waals surface area (Å²) in [5.41, 5.74) is 0. The van der Waals surface area contributed by atoms with Gasteiger partial charge in [-0.05, 0) is 30.9 Å². The van der Waals surface area contributed by atoms with Crippen molar-refractivity contribution in [2.75, 3.05) is 6.54 Å². The molecule has 1 aliphatic rings. The Morgan fingerprint density at radius 2 is 2.24 bits per heavy atom. The van der Waals surface area contributed by atoms with Gasteiger partial charge < -0.3 is 5.11 Å². The van der Waals surface area contributed by atoms with E-state index in [0.29, 0.717) is 0 Å². The molecular weight excluding hydrogens is 264 g/mol. The average molecular weight is 277 g/mol. The third kappa shape index (κ3) is 3.38. The Labute approximate surface area is 105 Å². The van der Waals surface area contributed by atoms with Crippen molar-refractivity contribution in [3.63, 3.8) is 0 Å². The van der Waals surface area contributed by atoms with Crippen molar-refractivity contribution in [3.8, 4) is 0 Å². The first kappa shape index (κ1) is 12.8. The van der Waals surface area contributed by atoms with Gasteiger partial charge in [-0.15, -0.1) is 0 Å². The lowest BCUT2D eigenvalue weighted by atomic mass is 10.2. The Morgan fingerprint density at radius 1 is 1.53 bits per heavy atom. The average Bonchev–Trinajstić information content (AvgIpc) is 3.10. The van der Waals surface area contributed by atoms with Gasteiger partial charge in [-0.3, -0.25) is 0 Å². The second-order valence-electron chi connectivity index (χ2n) is 4.07. The number of aliphatic hydroxyl groups is 1. The fourth-order valence-electron chi connectivity index (χ4n) is 1.45. The molecule has 1 aliphatic carbocycles. The van der Waals surface area contributed by atoms with Gasteiger partial charge in [-0.25, -0.2) is 18.1 Å². The molecule has 0 amide bonds. The third-order valence-corrected chi connectivity index (χ3v) is 4.29. The van der Waals surface area contributed by atoms with E-state index in [2.05, 4.69) is 9.71 Å². The molecule has 1 aromatic rings. The standard InChI is InChI=1S/C10H13ClN2O3S/c11-10-4-3-8(5-12-10)17(15,16)13-6-9(14)7-1-2-7/h3-5,7,9,13-14H,1-2,6H2. The molecule has 0 aromatic carbocycles. The molecule has 1 saturated carbocycles. The van der Waals surface area contributed by atoms with Gasteiger partial charge in [0.2, 0.25) is 10.0 Å². The van der Waals surface area contributed by atoms with Crippen LogP contribution in [0, 0.1) is 5.92 Å². The number of nitrogens with one attached hydrogen (secondary N) is 1. The van der Waals surface area contributed by atoms with Crippen molar-refractivity contribution < 1.29 is 13.5 Å². The first-order chi connectivity index (χ1) is 7.99. The molecule has 94 valence electrons. The van der Waals surface area contributed by atoms with Crippen LogP contribution in [-0.2, 0) is 10.0 Å². The zero-order valence-corrected chi connectivity index (χ0v) is 10.6. The number of hydrogen-bond donors (Lipinski definition) is 2. The molecule has 7 heteroatoms. The van der Waals surface area contributed by atoms with Crippen molar-refractivity contribution in [3.05, 3.63) is 23.5 Å². The van der Waals surface area contributed by atoms with Crippen molar-refractivity contribution in [1.29, 1.82) is 0 Å². The van der Waals surface area contributed by atoms with E-state index in [9.17, 15) is 13.5 Å². The van der Waals surface area contributed by atoms with Crippen LogP contribution < -0.4 is 4.72 Å². The Hall–Kier alpha value is -0.690. The zero-order valence-electron chi connectivity index (χ0n) is 9.01. The number of sulfonamides is 1. The Balaban J connectivity index is 2.00. The highest BCUT2D eigenvalue weighted by molar-refractivity contribution is 7.89. The lowest BCUT2D eigenvalue weighted by Crippen LogP contribution is -2.33. The summed E-state index contributed by atoms with van der Waals surface area (Å²) in [4.78, 5) is 3.75. The maximum absolute atomic E-state index is 11.8. The molecule has 17 heavy (non-hydrogen) atoms. The Bertz CT molecular complexity index is 485. The van der Waals surface area contributed by atoms with E-state index in [1.807, 2.05) is 0 Å². The highest BCUT2D eigenvalue weighted by Crippen LogP contribution is 2.32. The van der Waals surface area contributed by atoms with Crippen LogP contribution in [0.1, 0.15) is 12.8 Å². The third-order valence-electron chi connectivity index (χ3n) is 2.66. The summed E-state index contributed by atoms with van der Waals surface area (Å²) in [6.45, 7) is 0.0373. The molecule has 1 heterocycles. The Kier molecular flexibility index (Phi) is 3.67. The predicted molar refractivity (Wildman–Crippen MR) is 63.2 cm³/mol. The molecular formula is C10H13ClN2O3S. The first-order valence-electron chi connectivity index (χ1n) is 5.28. The molecule has 1 aromatic heterocycles. The van der Waals surface area contributed by atoms with Crippen molar-refractivity contribution >= 4 is 21.6 Å². The topological polar surface area (TPSA) is 79.3 Å². The van der Waals surface area contributed by atoms with Gasteiger partial charge >= 0.3 is 0 Å². The minimum atomic E-state index is -3.61. The summed E-state index contributed by atoms with van der Waals surface area (Å²) < 4.78 is 25.9. The molecule has 5 nitrogen and oxygen atoms in total. The first-order valence-corrected chi connectivity index (χ1v) is 7.14. The van der Waals surface area contributed by atoms with Gasteiger partial charge in [-0.2, -0.15) is 0 Å². The lowest BCUT2D eigenvalue weighted by molar-refractivity contribution is 0.155. The van der Waals surface area contributed by atoms with E-state index in [4.69, 9.17) is 11.6 Å². The van der Waals surface area contributed by atoms with Gasteiger partial charge in [0.15, 0.2) is 0 Å². The molecule has 2 N–H and O–H groups in total. The molecule has 1 fully saturated rings. The van der Waals surface area contributed by atoms with Crippen LogP contribution in [-0.4, -0.2) is 31.2 Å². The molecule has 0 spiro atoms. The zero-order chi connectivity index (χ0) is 12.5. The summed E-state index contributed by atoms with van der Waals surface area (Å²) in [6, 6.07) is 2.79. The fourth-order valence-corrected chi connectivity index (χ4v) is 2.55. The molecule has 0 saturated heterocycles. The second-order valence-corrected chi connectivity index (χ2v) is 6.23. The number of nitrogens with zero attached hydrogens (tertiary/aromatic N) is 1. The molecule has 2 rings (SSSR count). The number of hydrogen-bond acceptors (Lipinski definition) is 4. The molecule has 1 atom stereocenters. The second kappa shape index (κ2) is 4.89. The molecule has 1 unspecified atom stereocenters. The van der Waals surface area contributed by atoms with Crippen LogP contribution >= 0.6 is 11.6 Å². The van der Waals surface area contributed by atoms with Crippen molar-refractivity contribution in [2.24, 2.45) is 5.92 Å². The van der Waals surface area contributed by atoms with Crippen molar-refractivity contribution in [2.45, 2.75) is 23.8 Å². The molecule has 0 aliphatic heterocycles. The minimum Gasteiger partial charge on any atom is -0.391 e. The summed E-state index contributed by atoms with van der Waals surface area (Å²) in [5.74, 6) is 0.237. The van der Waals surface area contributed by atoms with Crippen LogP contribution in [0.15, 0.2) is 23.2 Å². The quantitative estimate of drug-likeness (QED) is 0.779.